The molecule has 0 fully saturated rings. The van der Waals surface area contributed by atoms with Gasteiger partial charge in [0.05, 0.1) is 14.2 Å². The number of rotatable bonds is 5. The van der Waals surface area contributed by atoms with Gasteiger partial charge in [-0.15, -0.1) is 5.10 Å². The molecule has 6 heteroatoms. The Balaban J connectivity index is 1.75. The molecule has 2 heterocycles. The fourth-order valence-electron chi connectivity index (χ4n) is 2.08. The lowest BCUT2D eigenvalue weighted by Crippen LogP contribution is -2.02. The number of nitrogens with one attached hydrogen (secondary N) is 1. The van der Waals surface area contributed by atoms with Gasteiger partial charge in [0, 0.05) is 12.7 Å². The highest BCUT2D eigenvalue weighted by Gasteiger charge is 2.06. The minimum Gasteiger partial charge on any atom is -0.493 e. The first kappa shape index (κ1) is 13.2. The number of methoxy groups -OCH3 is 2. The lowest BCUT2D eigenvalue weighted by atomic mass is 10.2. The van der Waals surface area contributed by atoms with Crippen LogP contribution in [-0.2, 0) is 6.54 Å². The maximum absolute atomic E-state index is 5.29. The van der Waals surface area contributed by atoms with Gasteiger partial charge in [0.1, 0.15) is 0 Å². The van der Waals surface area contributed by atoms with E-state index in [9.17, 15) is 0 Å². The summed E-state index contributed by atoms with van der Waals surface area (Å²) in [7, 11) is 3.25. The van der Waals surface area contributed by atoms with Gasteiger partial charge in [-0.1, -0.05) is 12.1 Å². The Morgan fingerprint density at radius 2 is 1.95 bits per heavy atom. The predicted octanol–water partition coefficient (Wildman–Crippen LogP) is 2.36. The molecule has 108 valence electrons. The van der Waals surface area contributed by atoms with Crippen molar-refractivity contribution in [2.45, 2.75) is 6.54 Å². The Bertz CT molecular complexity index is 721. The van der Waals surface area contributed by atoms with Gasteiger partial charge in [-0.2, -0.15) is 4.98 Å². The monoisotopic (exact) mass is 284 g/mol. The van der Waals surface area contributed by atoms with Crippen LogP contribution in [0.2, 0.25) is 0 Å². The van der Waals surface area contributed by atoms with Crippen LogP contribution in [0.15, 0.2) is 42.6 Å². The largest absolute Gasteiger partial charge is 0.493 e. The zero-order valence-electron chi connectivity index (χ0n) is 11.9. The first-order valence-electron chi connectivity index (χ1n) is 6.56. The number of nitrogens with zero attached hydrogens (tertiary/aromatic N) is 3. The first-order chi connectivity index (χ1) is 10.3. The molecule has 1 aromatic carbocycles. The second kappa shape index (κ2) is 5.70. The van der Waals surface area contributed by atoms with Crippen molar-refractivity contribution in [1.29, 1.82) is 0 Å². The number of ether oxygens (including phenoxy) is 2. The van der Waals surface area contributed by atoms with Gasteiger partial charge >= 0.3 is 0 Å². The molecule has 0 saturated carbocycles. The molecule has 0 bridgehead atoms. The molecule has 0 unspecified atom stereocenters. The molecule has 0 amide bonds. The Morgan fingerprint density at radius 1 is 1.10 bits per heavy atom. The molecule has 0 aliphatic heterocycles. The third-order valence-corrected chi connectivity index (χ3v) is 3.14. The topological polar surface area (TPSA) is 60.7 Å². The molecular formula is C15H16N4O2. The van der Waals surface area contributed by atoms with E-state index in [-0.39, 0.29) is 0 Å². The van der Waals surface area contributed by atoms with Crippen LogP contribution in [0.5, 0.6) is 11.5 Å². The molecule has 0 radical (unpaired) electrons. The zero-order chi connectivity index (χ0) is 14.7. The third-order valence-electron chi connectivity index (χ3n) is 3.14. The van der Waals surface area contributed by atoms with E-state index >= 15 is 0 Å². The molecule has 21 heavy (non-hydrogen) atoms. The summed E-state index contributed by atoms with van der Waals surface area (Å²) in [5.41, 5.74) is 1.87. The molecule has 3 aromatic rings. The second-order valence-electron chi connectivity index (χ2n) is 4.48. The maximum atomic E-state index is 5.29. The SMILES string of the molecule is COc1ccc(CNc2nc3ccccn3n2)cc1OC. The van der Waals surface area contributed by atoms with Gasteiger partial charge in [0.15, 0.2) is 17.1 Å². The fourth-order valence-corrected chi connectivity index (χ4v) is 2.08. The van der Waals surface area contributed by atoms with E-state index in [4.69, 9.17) is 9.47 Å². The summed E-state index contributed by atoms with van der Waals surface area (Å²) in [5.74, 6) is 2.02. The zero-order valence-corrected chi connectivity index (χ0v) is 11.9. The average molecular weight is 284 g/mol. The predicted molar refractivity (Wildman–Crippen MR) is 79.9 cm³/mol. The van der Waals surface area contributed by atoms with Crippen molar-refractivity contribution in [1.82, 2.24) is 14.6 Å². The molecule has 0 atom stereocenters. The summed E-state index contributed by atoms with van der Waals surface area (Å²) in [4.78, 5) is 4.39. The van der Waals surface area contributed by atoms with Gasteiger partial charge in [0.25, 0.3) is 0 Å². The maximum Gasteiger partial charge on any atom is 0.243 e. The van der Waals surface area contributed by atoms with E-state index in [1.165, 1.54) is 0 Å². The lowest BCUT2D eigenvalue weighted by molar-refractivity contribution is 0.354. The standard InChI is InChI=1S/C15H16N4O2/c1-20-12-7-6-11(9-13(12)21-2)10-16-15-17-14-5-3-4-8-19(14)18-15/h3-9H,10H2,1-2H3,(H,16,18). The van der Waals surface area contributed by atoms with Gasteiger partial charge in [-0.05, 0) is 29.8 Å². The molecule has 0 saturated heterocycles. The summed E-state index contributed by atoms with van der Waals surface area (Å²) in [6.07, 6.45) is 1.87. The molecule has 0 aliphatic carbocycles. The van der Waals surface area contributed by atoms with E-state index < -0.39 is 0 Å². The Hall–Kier alpha value is -2.76. The number of hydrogen-bond donors (Lipinski definition) is 1. The highest BCUT2D eigenvalue weighted by molar-refractivity contribution is 5.45. The second-order valence-corrected chi connectivity index (χ2v) is 4.48. The summed E-state index contributed by atoms with van der Waals surface area (Å²) < 4.78 is 12.2. The molecule has 0 aliphatic rings. The normalized spacial score (nSPS) is 10.6. The van der Waals surface area contributed by atoms with Crippen LogP contribution < -0.4 is 14.8 Å². The van der Waals surface area contributed by atoms with Gasteiger partial charge in [-0.25, -0.2) is 4.52 Å². The Kier molecular flexibility index (Phi) is 3.59. The van der Waals surface area contributed by atoms with Crippen molar-refractivity contribution < 1.29 is 9.47 Å². The van der Waals surface area contributed by atoms with E-state index in [2.05, 4.69) is 15.4 Å². The van der Waals surface area contributed by atoms with Crippen molar-refractivity contribution in [3.05, 3.63) is 48.2 Å². The van der Waals surface area contributed by atoms with Crippen LogP contribution in [0.3, 0.4) is 0 Å². The molecule has 0 spiro atoms. The summed E-state index contributed by atoms with van der Waals surface area (Å²) in [5, 5.41) is 7.54. The van der Waals surface area contributed by atoms with Gasteiger partial charge in [0.2, 0.25) is 5.95 Å². The highest BCUT2D eigenvalue weighted by Crippen LogP contribution is 2.27. The minimum atomic E-state index is 0.594. The highest BCUT2D eigenvalue weighted by atomic mass is 16.5. The van der Waals surface area contributed by atoms with Gasteiger partial charge in [-0.3, -0.25) is 0 Å². The smallest absolute Gasteiger partial charge is 0.243 e. The van der Waals surface area contributed by atoms with Gasteiger partial charge < -0.3 is 14.8 Å². The van der Waals surface area contributed by atoms with Crippen LogP contribution in [0.25, 0.3) is 5.65 Å². The number of fused-ring (bicyclic) bond motifs is 1. The average Bonchev–Trinajstić information content (AvgIpc) is 2.95. The van der Waals surface area contributed by atoms with E-state index in [1.54, 1.807) is 18.7 Å². The minimum absolute atomic E-state index is 0.594. The van der Waals surface area contributed by atoms with Crippen molar-refractivity contribution in [3.63, 3.8) is 0 Å². The number of aromatic nitrogens is 3. The van der Waals surface area contributed by atoms with Crippen LogP contribution in [0.1, 0.15) is 5.56 Å². The number of anilines is 1. The van der Waals surface area contributed by atoms with Crippen LogP contribution >= 0.6 is 0 Å². The third kappa shape index (κ3) is 2.74. The number of pyridine rings is 1. The van der Waals surface area contributed by atoms with Crippen LogP contribution in [0.4, 0.5) is 5.95 Å². The summed E-state index contributed by atoms with van der Waals surface area (Å²) in [6.45, 7) is 0.608. The van der Waals surface area contributed by atoms with E-state index in [1.807, 2.05) is 42.6 Å². The molecule has 3 rings (SSSR count). The lowest BCUT2D eigenvalue weighted by Gasteiger charge is -2.09. The van der Waals surface area contributed by atoms with Crippen molar-refractivity contribution in [3.8, 4) is 11.5 Å². The molecule has 1 N–H and O–H groups in total. The summed E-state index contributed by atoms with van der Waals surface area (Å²) >= 11 is 0. The van der Waals surface area contributed by atoms with E-state index in [0.717, 1.165) is 11.2 Å². The Morgan fingerprint density at radius 3 is 2.71 bits per heavy atom. The van der Waals surface area contributed by atoms with Crippen molar-refractivity contribution in [2.24, 2.45) is 0 Å². The quantitative estimate of drug-likeness (QED) is 0.779. The molecule has 6 nitrogen and oxygen atoms in total. The van der Waals surface area contributed by atoms with E-state index in [0.29, 0.717) is 24.0 Å². The first-order valence-corrected chi connectivity index (χ1v) is 6.56. The fraction of sp³-hybridized carbons (Fsp3) is 0.200. The van der Waals surface area contributed by atoms with Crippen molar-refractivity contribution in [2.75, 3.05) is 19.5 Å². The van der Waals surface area contributed by atoms with Crippen LogP contribution in [0, 0.1) is 0 Å². The number of hydrogen-bond acceptors (Lipinski definition) is 5. The Labute approximate surface area is 122 Å². The molecular weight excluding hydrogens is 268 g/mol. The number of benzene rings is 1. The summed E-state index contributed by atoms with van der Waals surface area (Å²) in [6, 6.07) is 11.6. The van der Waals surface area contributed by atoms with Crippen molar-refractivity contribution >= 4 is 11.6 Å². The van der Waals surface area contributed by atoms with Crippen LogP contribution in [-0.4, -0.2) is 28.8 Å². The molecule has 2 aromatic heterocycles.